The number of nitrogens with two attached hydrogens (primary N) is 1. The number of fused-ring (bicyclic) bond motifs is 1. The molecule has 4 rings (SSSR count). The number of hydrogen-bond donors (Lipinski definition) is 4. The smallest absolute Gasteiger partial charge is 0.223 e. The highest BCUT2D eigenvalue weighted by molar-refractivity contribution is 7.98. The van der Waals surface area contributed by atoms with Gasteiger partial charge in [-0.15, -0.1) is 0 Å². The number of aryl methyl sites for hydroxylation is 1. The normalized spacial score (nSPS) is 24.9. The summed E-state index contributed by atoms with van der Waals surface area (Å²) in [6, 6.07) is 5.80. The predicted octanol–water partition coefficient (Wildman–Crippen LogP) is 0.0157. The quantitative estimate of drug-likeness (QED) is 0.338. The molecule has 0 spiro atoms. The highest BCUT2D eigenvalue weighted by Gasteiger charge is 2.44. The van der Waals surface area contributed by atoms with E-state index in [0.29, 0.717) is 21.9 Å². The molecule has 148 valence electrons. The molecule has 10 nitrogen and oxygen atoms in total. The summed E-state index contributed by atoms with van der Waals surface area (Å²) in [7, 11) is 0. The maximum Gasteiger partial charge on any atom is 0.223 e. The number of ether oxygens (including phenoxy) is 1. The van der Waals surface area contributed by atoms with Crippen LogP contribution in [0.5, 0.6) is 0 Å². The molecule has 1 aliphatic rings. The zero-order valence-electron chi connectivity index (χ0n) is 15.0. The molecule has 4 atom stereocenters. The molecular weight excluding hydrogens is 384 g/mol. The number of anilines is 1. The van der Waals surface area contributed by atoms with Crippen LogP contribution in [-0.2, 0) is 10.5 Å². The van der Waals surface area contributed by atoms with Gasteiger partial charge in [-0.3, -0.25) is 9.55 Å². The lowest BCUT2D eigenvalue weighted by Gasteiger charge is -2.16. The minimum atomic E-state index is -1.24. The van der Waals surface area contributed by atoms with E-state index in [4.69, 9.17) is 10.5 Å². The minimum Gasteiger partial charge on any atom is -0.394 e. The Hall–Kier alpha value is -2.31. The summed E-state index contributed by atoms with van der Waals surface area (Å²) >= 11 is 1.43. The van der Waals surface area contributed by atoms with E-state index in [1.165, 1.54) is 22.7 Å². The first-order chi connectivity index (χ1) is 13.5. The Balaban J connectivity index is 1.65. The number of nitrogens with zero attached hydrogens (tertiary/aromatic N) is 5. The molecule has 0 saturated carbocycles. The third kappa shape index (κ3) is 3.42. The summed E-state index contributed by atoms with van der Waals surface area (Å²) in [5.74, 6) is 0.634. The standard InChI is InChI=1S/C17H20N6O4S/c1-8-3-2-4-9(20-8)6-28-15-11-14(21-17(18)22-15)23(7-19-11)16-13(26)12(25)10(5-24)27-16/h2-4,7,10,12-13,16,24-26H,5-6H2,1H3,(H2,18,21,22)/t10-,12+,13-,16+/m0/s1. The van der Waals surface area contributed by atoms with Gasteiger partial charge in [-0.1, -0.05) is 17.8 Å². The lowest BCUT2D eigenvalue weighted by atomic mass is 10.1. The third-order valence-corrected chi connectivity index (χ3v) is 5.50. The largest absolute Gasteiger partial charge is 0.394 e. The van der Waals surface area contributed by atoms with E-state index in [1.54, 1.807) is 0 Å². The maximum absolute atomic E-state index is 10.3. The second kappa shape index (κ2) is 7.60. The summed E-state index contributed by atoms with van der Waals surface area (Å²) in [4.78, 5) is 17.3. The van der Waals surface area contributed by atoms with Crippen molar-refractivity contribution in [2.24, 2.45) is 0 Å². The zero-order chi connectivity index (χ0) is 19.8. The topological polar surface area (TPSA) is 152 Å². The van der Waals surface area contributed by atoms with E-state index in [9.17, 15) is 15.3 Å². The second-order valence-corrected chi connectivity index (χ2v) is 7.46. The first-order valence-corrected chi connectivity index (χ1v) is 9.64. The van der Waals surface area contributed by atoms with E-state index in [0.717, 1.165) is 11.4 Å². The van der Waals surface area contributed by atoms with E-state index in [-0.39, 0.29) is 5.95 Å². The molecule has 0 radical (unpaired) electrons. The molecule has 1 aliphatic heterocycles. The van der Waals surface area contributed by atoms with Crippen LogP contribution in [0, 0.1) is 6.92 Å². The van der Waals surface area contributed by atoms with Crippen molar-refractivity contribution in [2.75, 3.05) is 12.3 Å². The SMILES string of the molecule is Cc1cccc(CSc2nc(N)nc3c2ncn3[C@@H]2O[C@@H](CO)[C@@H](O)[C@@H]2O)n1. The molecule has 3 aromatic heterocycles. The van der Waals surface area contributed by atoms with Gasteiger partial charge in [0.05, 0.1) is 18.6 Å². The number of hydrogen-bond acceptors (Lipinski definition) is 10. The van der Waals surface area contributed by atoms with Gasteiger partial charge in [-0.2, -0.15) is 4.98 Å². The second-order valence-electron chi connectivity index (χ2n) is 6.50. The Morgan fingerprint density at radius 2 is 2.04 bits per heavy atom. The summed E-state index contributed by atoms with van der Waals surface area (Å²) in [5.41, 5.74) is 8.59. The van der Waals surface area contributed by atoms with Crippen molar-refractivity contribution in [1.29, 1.82) is 0 Å². The van der Waals surface area contributed by atoms with Gasteiger partial charge in [0.2, 0.25) is 5.95 Å². The Bertz CT molecular complexity index is 999. The van der Waals surface area contributed by atoms with Crippen LogP contribution in [-0.4, -0.2) is 64.7 Å². The lowest BCUT2D eigenvalue weighted by molar-refractivity contribution is -0.0511. The molecule has 28 heavy (non-hydrogen) atoms. The number of pyridine rings is 1. The lowest BCUT2D eigenvalue weighted by Crippen LogP contribution is -2.33. The fraction of sp³-hybridized carbons (Fsp3) is 0.412. The van der Waals surface area contributed by atoms with Crippen molar-refractivity contribution >= 4 is 28.9 Å². The summed E-state index contributed by atoms with van der Waals surface area (Å²) in [6.45, 7) is 1.51. The summed E-state index contributed by atoms with van der Waals surface area (Å²) in [5, 5.41) is 30.2. The van der Waals surface area contributed by atoms with Gasteiger partial charge < -0.3 is 25.8 Å². The Labute approximate surface area is 164 Å². The molecule has 0 bridgehead atoms. The van der Waals surface area contributed by atoms with Crippen LogP contribution >= 0.6 is 11.8 Å². The molecule has 0 unspecified atom stereocenters. The van der Waals surface area contributed by atoms with Crippen molar-refractivity contribution in [3.63, 3.8) is 0 Å². The van der Waals surface area contributed by atoms with Crippen molar-refractivity contribution in [3.05, 3.63) is 35.9 Å². The monoisotopic (exact) mass is 404 g/mol. The van der Waals surface area contributed by atoms with Gasteiger partial charge in [0.1, 0.15) is 28.9 Å². The highest BCUT2D eigenvalue weighted by Crippen LogP contribution is 2.34. The summed E-state index contributed by atoms with van der Waals surface area (Å²) in [6.07, 6.45) is -2.83. The molecule has 0 aromatic carbocycles. The van der Waals surface area contributed by atoms with Gasteiger partial charge in [-0.05, 0) is 19.1 Å². The van der Waals surface area contributed by atoms with Gasteiger partial charge >= 0.3 is 0 Å². The number of nitrogen functional groups attached to an aromatic ring is 1. The molecule has 0 aliphatic carbocycles. The minimum absolute atomic E-state index is 0.0562. The first kappa shape index (κ1) is 19.0. The van der Waals surface area contributed by atoms with Gasteiger partial charge in [0.15, 0.2) is 11.9 Å². The van der Waals surface area contributed by atoms with E-state index in [1.807, 2.05) is 25.1 Å². The Morgan fingerprint density at radius 3 is 2.75 bits per heavy atom. The van der Waals surface area contributed by atoms with Crippen LogP contribution in [0.3, 0.4) is 0 Å². The molecule has 3 aromatic rings. The Kier molecular flexibility index (Phi) is 5.17. The number of aliphatic hydroxyl groups is 3. The van der Waals surface area contributed by atoms with Crippen molar-refractivity contribution in [2.45, 2.75) is 42.2 Å². The van der Waals surface area contributed by atoms with Crippen LogP contribution in [0.1, 0.15) is 17.6 Å². The summed E-state index contributed by atoms with van der Waals surface area (Å²) < 4.78 is 7.06. The maximum atomic E-state index is 10.3. The molecule has 1 saturated heterocycles. The fourth-order valence-corrected chi connectivity index (χ4v) is 4.01. The third-order valence-electron chi connectivity index (χ3n) is 4.50. The fourth-order valence-electron chi connectivity index (χ4n) is 3.13. The van der Waals surface area contributed by atoms with Crippen LogP contribution in [0.4, 0.5) is 5.95 Å². The Morgan fingerprint density at radius 1 is 1.21 bits per heavy atom. The van der Waals surface area contributed by atoms with E-state index in [2.05, 4.69) is 19.9 Å². The van der Waals surface area contributed by atoms with Crippen molar-refractivity contribution in [1.82, 2.24) is 24.5 Å². The zero-order valence-corrected chi connectivity index (χ0v) is 15.8. The van der Waals surface area contributed by atoms with Crippen molar-refractivity contribution in [3.8, 4) is 0 Å². The van der Waals surface area contributed by atoms with Gasteiger partial charge in [-0.25, -0.2) is 9.97 Å². The van der Waals surface area contributed by atoms with E-state index < -0.39 is 31.1 Å². The molecule has 11 heteroatoms. The van der Waals surface area contributed by atoms with E-state index >= 15 is 0 Å². The molecular formula is C17H20N6O4S. The number of thioether (sulfide) groups is 1. The number of imidazole rings is 1. The van der Waals surface area contributed by atoms with Crippen LogP contribution in [0.2, 0.25) is 0 Å². The van der Waals surface area contributed by atoms with Gasteiger partial charge in [0, 0.05) is 11.4 Å². The molecule has 4 heterocycles. The van der Waals surface area contributed by atoms with Crippen LogP contribution < -0.4 is 5.73 Å². The average molecular weight is 404 g/mol. The van der Waals surface area contributed by atoms with Crippen LogP contribution in [0.15, 0.2) is 29.6 Å². The van der Waals surface area contributed by atoms with Crippen LogP contribution in [0.25, 0.3) is 11.2 Å². The molecule has 1 fully saturated rings. The highest BCUT2D eigenvalue weighted by atomic mass is 32.2. The molecule has 5 N–H and O–H groups in total. The number of rotatable bonds is 5. The average Bonchev–Trinajstić information content (AvgIpc) is 3.21. The first-order valence-electron chi connectivity index (χ1n) is 8.65. The number of aromatic nitrogens is 5. The van der Waals surface area contributed by atoms with Crippen molar-refractivity contribution < 1.29 is 20.1 Å². The van der Waals surface area contributed by atoms with Gasteiger partial charge in [0.25, 0.3) is 0 Å². The number of aliphatic hydroxyl groups excluding tert-OH is 3. The predicted molar refractivity (Wildman–Crippen MR) is 101 cm³/mol. The molecule has 0 amide bonds.